The van der Waals surface area contributed by atoms with Gasteiger partial charge in [0, 0.05) is 18.8 Å². The third-order valence-electron chi connectivity index (χ3n) is 3.70. The fourth-order valence-electron chi connectivity index (χ4n) is 2.41. The fraction of sp³-hybridized carbons (Fsp3) is 0.500. The van der Waals surface area contributed by atoms with E-state index in [0.717, 1.165) is 0 Å². The molecular formula is C14H18Cl2N2O3S. The Morgan fingerprint density at radius 2 is 2.09 bits per heavy atom. The number of anilines is 1. The molecule has 22 heavy (non-hydrogen) atoms. The van der Waals surface area contributed by atoms with Crippen molar-refractivity contribution in [1.82, 2.24) is 4.31 Å². The van der Waals surface area contributed by atoms with Crippen LogP contribution in [0.1, 0.15) is 19.8 Å². The molecule has 1 amide bonds. The number of carbonyl (C=O) groups is 1. The molecule has 1 aromatic rings. The predicted octanol–water partition coefficient (Wildman–Crippen LogP) is 2.99. The summed E-state index contributed by atoms with van der Waals surface area (Å²) in [6.45, 7) is 2.31. The van der Waals surface area contributed by atoms with Crippen molar-refractivity contribution in [2.75, 3.05) is 24.2 Å². The highest BCUT2D eigenvalue weighted by Gasteiger charge is 2.31. The Kier molecular flexibility index (Phi) is 5.71. The van der Waals surface area contributed by atoms with E-state index in [2.05, 4.69) is 5.32 Å². The minimum atomic E-state index is -3.26. The van der Waals surface area contributed by atoms with E-state index >= 15 is 0 Å². The number of hydrogen-bond donors (Lipinski definition) is 1. The lowest BCUT2D eigenvalue weighted by Crippen LogP contribution is -2.44. The lowest BCUT2D eigenvalue weighted by molar-refractivity contribution is -0.120. The second kappa shape index (κ2) is 7.17. The van der Waals surface area contributed by atoms with Crippen molar-refractivity contribution in [3.05, 3.63) is 28.2 Å². The van der Waals surface area contributed by atoms with Crippen LogP contribution in [0.2, 0.25) is 10.0 Å². The zero-order valence-corrected chi connectivity index (χ0v) is 14.5. The minimum Gasteiger partial charge on any atom is -0.326 e. The Labute approximate surface area is 140 Å². The molecule has 8 heteroatoms. The summed E-state index contributed by atoms with van der Waals surface area (Å²) in [4.78, 5) is 12.3. The summed E-state index contributed by atoms with van der Waals surface area (Å²) in [6.07, 6.45) is 1.35. The van der Waals surface area contributed by atoms with E-state index in [0.29, 0.717) is 35.1 Å². The molecule has 0 saturated carbocycles. The number of sulfonamides is 1. The Balaban J connectivity index is 2.04. The van der Waals surface area contributed by atoms with Crippen molar-refractivity contribution in [2.45, 2.75) is 19.8 Å². The molecule has 1 aliphatic heterocycles. The van der Waals surface area contributed by atoms with Crippen molar-refractivity contribution in [2.24, 2.45) is 5.92 Å². The number of benzene rings is 1. The Morgan fingerprint density at radius 3 is 2.73 bits per heavy atom. The van der Waals surface area contributed by atoms with Crippen LogP contribution >= 0.6 is 23.2 Å². The van der Waals surface area contributed by atoms with Crippen LogP contribution in [0.5, 0.6) is 0 Å². The fourth-order valence-corrected chi connectivity index (χ4v) is 3.89. The summed E-state index contributed by atoms with van der Waals surface area (Å²) in [5.74, 6) is -0.507. The van der Waals surface area contributed by atoms with Gasteiger partial charge >= 0.3 is 0 Å². The number of amides is 1. The summed E-state index contributed by atoms with van der Waals surface area (Å²) in [5.41, 5.74) is 0.551. The maximum atomic E-state index is 12.3. The van der Waals surface area contributed by atoms with Crippen molar-refractivity contribution in [1.29, 1.82) is 0 Å². The summed E-state index contributed by atoms with van der Waals surface area (Å²) >= 11 is 11.7. The van der Waals surface area contributed by atoms with Crippen LogP contribution in [-0.4, -0.2) is 37.5 Å². The van der Waals surface area contributed by atoms with E-state index in [9.17, 15) is 13.2 Å². The number of halogens is 2. The third kappa shape index (κ3) is 4.13. The molecular weight excluding hydrogens is 347 g/mol. The largest absolute Gasteiger partial charge is 0.326 e. The molecule has 0 radical (unpaired) electrons. The first kappa shape index (κ1) is 17.5. The average molecular weight is 365 g/mol. The molecule has 0 bridgehead atoms. The van der Waals surface area contributed by atoms with Gasteiger partial charge in [0.15, 0.2) is 0 Å². The van der Waals surface area contributed by atoms with Gasteiger partial charge in [-0.2, -0.15) is 0 Å². The maximum absolute atomic E-state index is 12.3. The van der Waals surface area contributed by atoms with Crippen molar-refractivity contribution < 1.29 is 13.2 Å². The predicted molar refractivity (Wildman–Crippen MR) is 88.8 cm³/mol. The maximum Gasteiger partial charge on any atom is 0.228 e. The molecule has 122 valence electrons. The number of carbonyl (C=O) groups excluding carboxylic acids is 1. The van der Waals surface area contributed by atoms with E-state index < -0.39 is 10.0 Å². The second-order valence-corrected chi connectivity index (χ2v) is 8.29. The first-order valence-electron chi connectivity index (χ1n) is 7.07. The van der Waals surface area contributed by atoms with E-state index in [-0.39, 0.29) is 24.1 Å². The molecule has 2 rings (SSSR count). The molecule has 1 aliphatic rings. The molecule has 0 aliphatic carbocycles. The summed E-state index contributed by atoms with van der Waals surface area (Å²) in [6, 6.07) is 4.84. The van der Waals surface area contributed by atoms with Gasteiger partial charge in [-0.25, -0.2) is 12.7 Å². The first-order valence-corrected chi connectivity index (χ1v) is 9.43. The lowest BCUT2D eigenvalue weighted by atomic mass is 9.99. The van der Waals surface area contributed by atoms with Gasteiger partial charge in [-0.3, -0.25) is 4.79 Å². The summed E-state index contributed by atoms with van der Waals surface area (Å²) < 4.78 is 25.2. The monoisotopic (exact) mass is 364 g/mol. The quantitative estimate of drug-likeness (QED) is 0.892. The average Bonchev–Trinajstić information content (AvgIpc) is 2.51. The molecule has 1 fully saturated rings. The second-order valence-electron chi connectivity index (χ2n) is 5.22. The zero-order chi connectivity index (χ0) is 16.3. The summed E-state index contributed by atoms with van der Waals surface area (Å²) in [7, 11) is -3.26. The third-order valence-corrected chi connectivity index (χ3v) is 6.29. The normalized spacial score (nSPS) is 19.9. The Bertz CT molecular complexity index is 664. The van der Waals surface area contributed by atoms with Crippen molar-refractivity contribution in [3.63, 3.8) is 0 Å². The van der Waals surface area contributed by atoms with Gasteiger partial charge in [0.25, 0.3) is 0 Å². The number of piperidine rings is 1. The summed E-state index contributed by atoms with van der Waals surface area (Å²) in [5, 5.41) is 3.54. The Hall–Kier alpha value is -0.820. The number of nitrogens with one attached hydrogen (secondary N) is 1. The molecule has 5 nitrogen and oxygen atoms in total. The van der Waals surface area contributed by atoms with Gasteiger partial charge in [-0.15, -0.1) is 0 Å². The van der Waals surface area contributed by atoms with Gasteiger partial charge in [0.05, 0.1) is 21.7 Å². The molecule has 1 atom stereocenters. The van der Waals surface area contributed by atoms with E-state index in [1.54, 1.807) is 25.1 Å². The lowest BCUT2D eigenvalue weighted by Gasteiger charge is -2.30. The van der Waals surface area contributed by atoms with E-state index in [1.807, 2.05) is 0 Å². The van der Waals surface area contributed by atoms with Crippen LogP contribution in [0.25, 0.3) is 0 Å². The van der Waals surface area contributed by atoms with Crippen LogP contribution in [0.15, 0.2) is 18.2 Å². The molecule has 1 saturated heterocycles. The SMILES string of the molecule is CCS(=O)(=O)N1CCCC(C(=O)Nc2ccc(Cl)c(Cl)c2)C1. The molecule has 1 aromatic carbocycles. The number of rotatable bonds is 4. The highest BCUT2D eigenvalue weighted by molar-refractivity contribution is 7.89. The van der Waals surface area contributed by atoms with Crippen LogP contribution in [-0.2, 0) is 14.8 Å². The van der Waals surface area contributed by atoms with E-state index in [4.69, 9.17) is 23.2 Å². The molecule has 1 unspecified atom stereocenters. The van der Waals surface area contributed by atoms with Crippen molar-refractivity contribution in [3.8, 4) is 0 Å². The minimum absolute atomic E-state index is 0.0497. The molecule has 0 spiro atoms. The van der Waals surface area contributed by atoms with Crippen molar-refractivity contribution >= 4 is 44.8 Å². The highest BCUT2D eigenvalue weighted by Crippen LogP contribution is 2.26. The zero-order valence-electron chi connectivity index (χ0n) is 12.2. The molecule has 1 N–H and O–H groups in total. The standard InChI is InChI=1S/C14H18Cl2N2O3S/c1-2-22(20,21)18-7-3-4-10(9-18)14(19)17-11-5-6-12(15)13(16)8-11/h5-6,8,10H,2-4,7,9H2,1H3,(H,17,19). The van der Waals surface area contributed by atoms with Crippen LogP contribution in [0.3, 0.4) is 0 Å². The molecule has 0 aromatic heterocycles. The number of nitrogens with zero attached hydrogens (tertiary/aromatic N) is 1. The van der Waals surface area contributed by atoms with Crippen LogP contribution in [0.4, 0.5) is 5.69 Å². The number of hydrogen-bond acceptors (Lipinski definition) is 3. The molecule has 1 heterocycles. The van der Waals surface area contributed by atoms with Gasteiger partial charge in [0.2, 0.25) is 15.9 Å². The smallest absolute Gasteiger partial charge is 0.228 e. The van der Waals surface area contributed by atoms with Crippen LogP contribution < -0.4 is 5.32 Å². The highest BCUT2D eigenvalue weighted by atomic mass is 35.5. The first-order chi connectivity index (χ1) is 10.3. The van der Waals surface area contributed by atoms with Gasteiger partial charge in [-0.05, 0) is 38.0 Å². The van der Waals surface area contributed by atoms with Gasteiger partial charge in [0.1, 0.15) is 0 Å². The topological polar surface area (TPSA) is 66.5 Å². The Morgan fingerprint density at radius 1 is 1.36 bits per heavy atom. The van der Waals surface area contributed by atoms with Gasteiger partial charge in [-0.1, -0.05) is 23.2 Å². The van der Waals surface area contributed by atoms with Gasteiger partial charge < -0.3 is 5.32 Å². The van der Waals surface area contributed by atoms with Crippen LogP contribution in [0, 0.1) is 5.92 Å². The van der Waals surface area contributed by atoms with E-state index in [1.165, 1.54) is 4.31 Å².